The van der Waals surface area contributed by atoms with Crippen LogP contribution in [-0.4, -0.2) is 55.0 Å². The molecule has 2 aliphatic rings. The van der Waals surface area contributed by atoms with E-state index in [1.807, 2.05) is 11.8 Å². The third kappa shape index (κ3) is 2.99. The van der Waals surface area contributed by atoms with Crippen LogP contribution in [0.1, 0.15) is 19.8 Å². The number of rotatable bonds is 3. The average Bonchev–Trinajstić information content (AvgIpc) is 2.30. The first-order chi connectivity index (χ1) is 7.74. The summed E-state index contributed by atoms with van der Waals surface area (Å²) in [7, 11) is 0. The third-order valence-corrected chi connectivity index (χ3v) is 4.60. The highest BCUT2D eigenvalue weighted by atomic mass is 32.2. The molecule has 0 spiro atoms. The van der Waals surface area contributed by atoms with Crippen molar-refractivity contribution in [2.24, 2.45) is 5.41 Å². The Hall–Kier alpha value is -0.0600. The SMILES string of the molecule is CC1CN(CC2(C=O)CCCOC2)CCS1. The molecule has 2 fully saturated rings. The number of carbonyl (C=O) groups is 1. The molecule has 0 radical (unpaired) electrons. The first-order valence-electron chi connectivity index (χ1n) is 6.12. The largest absolute Gasteiger partial charge is 0.380 e. The summed E-state index contributed by atoms with van der Waals surface area (Å²) in [6.45, 7) is 6.82. The molecule has 0 bridgehead atoms. The average molecular weight is 243 g/mol. The molecule has 16 heavy (non-hydrogen) atoms. The Bertz CT molecular complexity index is 241. The highest BCUT2D eigenvalue weighted by Gasteiger charge is 2.35. The van der Waals surface area contributed by atoms with Crippen molar-refractivity contribution in [2.45, 2.75) is 25.0 Å². The molecule has 0 aromatic carbocycles. The van der Waals surface area contributed by atoms with E-state index in [0.29, 0.717) is 11.9 Å². The Morgan fingerprint density at radius 2 is 2.50 bits per heavy atom. The standard InChI is InChI=1S/C12H21NO2S/c1-11-7-13(4-6-16-11)8-12(9-14)3-2-5-15-10-12/h9,11H,2-8,10H2,1H3. The van der Waals surface area contributed by atoms with E-state index in [0.717, 1.165) is 45.4 Å². The van der Waals surface area contributed by atoms with Crippen molar-refractivity contribution in [1.29, 1.82) is 0 Å². The molecular formula is C12H21NO2S. The fourth-order valence-corrected chi connectivity index (χ4v) is 3.69. The maximum Gasteiger partial charge on any atom is 0.129 e. The fourth-order valence-electron chi connectivity index (χ4n) is 2.61. The van der Waals surface area contributed by atoms with E-state index in [2.05, 4.69) is 11.8 Å². The second-order valence-corrected chi connectivity index (χ2v) is 6.60. The lowest BCUT2D eigenvalue weighted by Crippen LogP contribution is -2.48. The second-order valence-electron chi connectivity index (χ2n) is 5.05. The number of carbonyl (C=O) groups excluding carboxylic acids is 1. The van der Waals surface area contributed by atoms with E-state index in [9.17, 15) is 4.79 Å². The fraction of sp³-hybridized carbons (Fsp3) is 0.917. The topological polar surface area (TPSA) is 29.5 Å². The van der Waals surface area contributed by atoms with E-state index in [-0.39, 0.29) is 5.41 Å². The summed E-state index contributed by atoms with van der Waals surface area (Å²) < 4.78 is 5.48. The van der Waals surface area contributed by atoms with Gasteiger partial charge in [0.15, 0.2) is 0 Å². The first-order valence-corrected chi connectivity index (χ1v) is 7.17. The van der Waals surface area contributed by atoms with Crippen LogP contribution in [0.4, 0.5) is 0 Å². The van der Waals surface area contributed by atoms with Gasteiger partial charge < -0.3 is 14.4 Å². The van der Waals surface area contributed by atoms with Gasteiger partial charge in [0, 0.05) is 37.2 Å². The Labute approximate surface area is 102 Å². The minimum Gasteiger partial charge on any atom is -0.380 e. The molecule has 0 N–H and O–H groups in total. The number of hydrogen-bond donors (Lipinski definition) is 0. The predicted octanol–water partition coefficient (Wildman–Crippen LogP) is 1.42. The lowest BCUT2D eigenvalue weighted by atomic mass is 9.83. The maximum absolute atomic E-state index is 11.3. The smallest absolute Gasteiger partial charge is 0.129 e. The molecule has 2 aliphatic heterocycles. The molecule has 92 valence electrons. The number of hydrogen-bond acceptors (Lipinski definition) is 4. The monoisotopic (exact) mass is 243 g/mol. The molecule has 2 rings (SSSR count). The summed E-state index contributed by atoms with van der Waals surface area (Å²) in [5, 5.41) is 0.696. The molecule has 0 saturated carbocycles. The molecule has 2 unspecified atom stereocenters. The number of ether oxygens (including phenoxy) is 1. The summed E-state index contributed by atoms with van der Waals surface area (Å²) in [4.78, 5) is 13.8. The molecule has 0 aromatic rings. The van der Waals surface area contributed by atoms with Gasteiger partial charge in [-0.3, -0.25) is 0 Å². The third-order valence-electron chi connectivity index (χ3n) is 3.47. The number of aldehydes is 1. The summed E-state index contributed by atoms with van der Waals surface area (Å²) in [5.41, 5.74) is -0.222. The van der Waals surface area contributed by atoms with Gasteiger partial charge >= 0.3 is 0 Å². The summed E-state index contributed by atoms with van der Waals surface area (Å²) >= 11 is 2.03. The maximum atomic E-state index is 11.3. The highest BCUT2D eigenvalue weighted by Crippen LogP contribution is 2.29. The van der Waals surface area contributed by atoms with Gasteiger partial charge in [0.05, 0.1) is 12.0 Å². The number of nitrogens with zero attached hydrogens (tertiary/aromatic N) is 1. The van der Waals surface area contributed by atoms with E-state index in [1.54, 1.807) is 0 Å². The van der Waals surface area contributed by atoms with E-state index in [1.165, 1.54) is 5.75 Å². The minimum absolute atomic E-state index is 0.222. The van der Waals surface area contributed by atoms with Gasteiger partial charge in [-0.15, -0.1) is 0 Å². The van der Waals surface area contributed by atoms with Gasteiger partial charge in [0.1, 0.15) is 6.29 Å². The van der Waals surface area contributed by atoms with Gasteiger partial charge in [-0.05, 0) is 12.8 Å². The van der Waals surface area contributed by atoms with Crippen LogP contribution in [0.2, 0.25) is 0 Å². The Kier molecular flexibility index (Phi) is 4.27. The van der Waals surface area contributed by atoms with E-state index >= 15 is 0 Å². The summed E-state index contributed by atoms with van der Waals surface area (Å²) in [6, 6.07) is 0. The second kappa shape index (κ2) is 5.52. The highest BCUT2D eigenvalue weighted by molar-refractivity contribution is 7.99. The van der Waals surface area contributed by atoms with Crippen molar-refractivity contribution < 1.29 is 9.53 Å². The van der Waals surface area contributed by atoms with Crippen LogP contribution in [0.15, 0.2) is 0 Å². The molecule has 0 aromatic heterocycles. The van der Waals surface area contributed by atoms with Crippen molar-refractivity contribution in [2.75, 3.05) is 38.6 Å². The predicted molar refractivity (Wildman–Crippen MR) is 66.9 cm³/mol. The van der Waals surface area contributed by atoms with Crippen molar-refractivity contribution in [3.63, 3.8) is 0 Å². The van der Waals surface area contributed by atoms with Crippen LogP contribution >= 0.6 is 11.8 Å². The van der Waals surface area contributed by atoms with Gasteiger partial charge in [0.25, 0.3) is 0 Å². The van der Waals surface area contributed by atoms with Crippen molar-refractivity contribution in [1.82, 2.24) is 4.90 Å². The van der Waals surface area contributed by atoms with Gasteiger partial charge in [-0.1, -0.05) is 6.92 Å². The molecule has 2 saturated heterocycles. The zero-order valence-electron chi connectivity index (χ0n) is 9.98. The molecule has 2 heterocycles. The summed E-state index contributed by atoms with van der Waals surface area (Å²) in [6.07, 6.45) is 3.16. The van der Waals surface area contributed by atoms with Gasteiger partial charge in [-0.2, -0.15) is 11.8 Å². The normalized spacial score (nSPS) is 37.2. The molecule has 4 heteroatoms. The van der Waals surface area contributed by atoms with Crippen LogP contribution < -0.4 is 0 Å². The van der Waals surface area contributed by atoms with Crippen molar-refractivity contribution in [3.05, 3.63) is 0 Å². The summed E-state index contributed by atoms with van der Waals surface area (Å²) in [5.74, 6) is 1.19. The lowest BCUT2D eigenvalue weighted by molar-refractivity contribution is -0.125. The Morgan fingerprint density at radius 1 is 1.62 bits per heavy atom. The Balaban J connectivity index is 1.92. The quantitative estimate of drug-likeness (QED) is 0.701. The van der Waals surface area contributed by atoms with Crippen LogP contribution in [0.25, 0.3) is 0 Å². The molecule has 0 aliphatic carbocycles. The van der Waals surface area contributed by atoms with Crippen LogP contribution in [0.5, 0.6) is 0 Å². The molecule has 3 nitrogen and oxygen atoms in total. The first kappa shape index (κ1) is 12.4. The van der Waals surface area contributed by atoms with Gasteiger partial charge in [-0.25, -0.2) is 0 Å². The van der Waals surface area contributed by atoms with Crippen molar-refractivity contribution in [3.8, 4) is 0 Å². The van der Waals surface area contributed by atoms with Crippen LogP contribution in [0, 0.1) is 5.41 Å². The zero-order valence-corrected chi connectivity index (χ0v) is 10.8. The molecule has 2 atom stereocenters. The van der Waals surface area contributed by atoms with Crippen molar-refractivity contribution >= 4 is 18.0 Å². The zero-order chi connectivity index (χ0) is 11.4. The van der Waals surface area contributed by atoms with E-state index in [4.69, 9.17) is 4.74 Å². The molecular weight excluding hydrogens is 222 g/mol. The lowest BCUT2D eigenvalue weighted by Gasteiger charge is -2.39. The minimum atomic E-state index is -0.222. The van der Waals surface area contributed by atoms with Crippen LogP contribution in [0.3, 0.4) is 0 Å². The van der Waals surface area contributed by atoms with E-state index < -0.39 is 0 Å². The Morgan fingerprint density at radius 3 is 3.12 bits per heavy atom. The van der Waals surface area contributed by atoms with Crippen LogP contribution in [-0.2, 0) is 9.53 Å². The molecule has 0 amide bonds. The number of thioether (sulfide) groups is 1. The van der Waals surface area contributed by atoms with Gasteiger partial charge in [0.2, 0.25) is 0 Å².